The summed E-state index contributed by atoms with van der Waals surface area (Å²) in [6.45, 7) is 9.84. The quantitative estimate of drug-likeness (QED) is 0.884. The fourth-order valence-corrected chi connectivity index (χ4v) is 3.76. The van der Waals surface area contributed by atoms with E-state index in [4.69, 9.17) is 4.74 Å². The van der Waals surface area contributed by atoms with E-state index in [1.54, 1.807) is 0 Å². The first-order valence-electron chi connectivity index (χ1n) is 10.0. The van der Waals surface area contributed by atoms with Gasteiger partial charge in [0.05, 0.1) is 12.2 Å². The first-order valence-corrected chi connectivity index (χ1v) is 10.0. The predicted molar refractivity (Wildman–Crippen MR) is 106 cm³/mol. The van der Waals surface area contributed by atoms with E-state index in [1.165, 1.54) is 0 Å². The highest BCUT2D eigenvalue weighted by Gasteiger charge is 2.34. The van der Waals surface area contributed by atoms with Crippen molar-refractivity contribution in [2.75, 3.05) is 24.5 Å². The molecular weight excluding hydrogens is 342 g/mol. The van der Waals surface area contributed by atoms with E-state index in [-0.39, 0.29) is 30.0 Å². The summed E-state index contributed by atoms with van der Waals surface area (Å²) in [5, 5.41) is 2.98. The SMILES string of the molecule is CCC1CN(C(=O)N2CCC(C(=O)NC(C)C)CC2)c2cc(C)ccc2O1. The number of hydrogen-bond donors (Lipinski definition) is 1. The molecule has 2 aliphatic heterocycles. The van der Waals surface area contributed by atoms with Crippen LogP contribution in [0.25, 0.3) is 0 Å². The first kappa shape index (κ1) is 19.5. The number of piperidine rings is 1. The Morgan fingerprint density at radius 2 is 1.96 bits per heavy atom. The summed E-state index contributed by atoms with van der Waals surface area (Å²) in [5.41, 5.74) is 1.96. The van der Waals surface area contributed by atoms with Gasteiger partial charge >= 0.3 is 6.03 Å². The number of rotatable bonds is 3. The van der Waals surface area contributed by atoms with Crippen LogP contribution in [-0.4, -0.2) is 48.6 Å². The van der Waals surface area contributed by atoms with Crippen LogP contribution in [-0.2, 0) is 4.79 Å². The van der Waals surface area contributed by atoms with Crippen LogP contribution in [0, 0.1) is 12.8 Å². The van der Waals surface area contributed by atoms with E-state index >= 15 is 0 Å². The van der Waals surface area contributed by atoms with Gasteiger partial charge in [0.1, 0.15) is 11.9 Å². The van der Waals surface area contributed by atoms with Crippen LogP contribution in [0.5, 0.6) is 5.75 Å². The van der Waals surface area contributed by atoms with Crippen molar-refractivity contribution in [3.8, 4) is 5.75 Å². The highest BCUT2D eigenvalue weighted by molar-refractivity contribution is 5.94. The lowest BCUT2D eigenvalue weighted by Gasteiger charge is -2.39. The molecule has 1 saturated heterocycles. The lowest BCUT2D eigenvalue weighted by atomic mass is 9.95. The van der Waals surface area contributed by atoms with Crippen LogP contribution in [0.3, 0.4) is 0 Å². The van der Waals surface area contributed by atoms with Gasteiger partial charge in [-0.1, -0.05) is 13.0 Å². The fraction of sp³-hybridized carbons (Fsp3) is 0.619. The molecule has 2 heterocycles. The van der Waals surface area contributed by atoms with Gasteiger partial charge in [0.15, 0.2) is 0 Å². The second kappa shape index (κ2) is 8.19. The minimum atomic E-state index is -0.000870. The van der Waals surface area contributed by atoms with Crippen LogP contribution in [0.15, 0.2) is 18.2 Å². The summed E-state index contributed by atoms with van der Waals surface area (Å²) in [4.78, 5) is 29.2. The lowest BCUT2D eigenvalue weighted by Crippen LogP contribution is -2.52. The Morgan fingerprint density at radius 1 is 1.26 bits per heavy atom. The predicted octanol–water partition coefficient (Wildman–Crippen LogP) is 3.33. The Labute approximate surface area is 161 Å². The molecular formula is C21H31N3O3. The molecule has 6 heteroatoms. The average Bonchev–Trinajstić information content (AvgIpc) is 2.66. The second-order valence-electron chi connectivity index (χ2n) is 7.94. The molecule has 2 aliphatic rings. The minimum Gasteiger partial charge on any atom is -0.486 e. The van der Waals surface area contributed by atoms with Gasteiger partial charge in [0, 0.05) is 25.0 Å². The maximum absolute atomic E-state index is 13.2. The summed E-state index contributed by atoms with van der Waals surface area (Å²) >= 11 is 0. The van der Waals surface area contributed by atoms with Gasteiger partial charge < -0.3 is 15.0 Å². The molecule has 1 fully saturated rings. The van der Waals surface area contributed by atoms with Crippen LogP contribution >= 0.6 is 0 Å². The molecule has 0 radical (unpaired) electrons. The Kier molecular flexibility index (Phi) is 5.92. The number of carbonyl (C=O) groups excluding carboxylic acids is 2. The van der Waals surface area contributed by atoms with Gasteiger partial charge in [-0.2, -0.15) is 0 Å². The number of fused-ring (bicyclic) bond motifs is 1. The standard InChI is InChI=1S/C21H31N3O3/c1-5-17-13-24(18-12-15(4)6-7-19(18)27-17)21(26)23-10-8-16(9-11-23)20(25)22-14(2)3/h6-7,12,14,16-17H,5,8-11,13H2,1-4H3,(H,22,25). The van der Waals surface area contributed by atoms with E-state index in [0.29, 0.717) is 32.5 Å². The highest BCUT2D eigenvalue weighted by Crippen LogP contribution is 2.36. The van der Waals surface area contributed by atoms with E-state index < -0.39 is 0 Å². The van der Waals surface area contributed by atoms with Gasteiger partial charge in [-0.05, 0) is 57.7 Å². The molecule has 148 valence electrons. The number of urea groups is 1. The van der Waals surface area contributed by atoms with Crippen molar-refractivity contribution in [2.45, 2.75) is 59.1 Å². The van der Waals surface area contributed by atoms with Crippen molar-refractivity contribution in [3.05, 3.63) is 23.8 Å². The number of benzene rings is 1. The number of carbonyl (C=O) groups is 2. The van der Waals surface area contributed by atoms with E-state index in [2.05, 4.69) is 12.2 Å². The zero-order chi connectivity index (χ0) is 19.6. The normalized spacial score (nSPS) is 20.3. The maximum Gasteiger partial charge on any atom is 0.324 e. The van der Waals surface area contributed by atoms with Gasteiger partial charge in [0.25, 0.3) is 0 Å². The lowest BCUT2D eigenvalue weighted by molar-refractivity contribution is -0.126. The van der Waals surface area contributed by atoms with E-state index in [0.717, 1.165) is 23.4 Å². The largest absolute Gasteiger partial charge is 0.486 e. The van der Waals surface area contributed by atoms with Crippen molar-refractivity contribution in [1.82, 2.24) is 10.2 Å². The molecule has 1 unspecified atom stereocenters. The minimum absolute atomic E-state index is 0.000870. The average molecular weight is 373 g/mol. The summed E-state index contributed by atoms with van der Waals surface area (Å²) < 4.78 is 6.02. The van der Waals surface area contributed by atoms with Crippen molar-refractivity contribution in [3.63, 3.8) is 0 Å². The molecule has 1 N–H and O–H groups in total. The van der Waals surface area contributed by atoms with E-state index in [1.807, 2.05) is 48.8 Å². The number of hydrogen-bond acceptors (Lipinski definition) is 3. The smallest absolute Gasteiger partial charge is 0.324 e. The number of nitrogens with one attached hydrogen (secondary N) is 1. The molecule has 0 saturated carbocycles. The van der Waals surface area contributed by atoms with Crippen LogP contribution < -0.4 is 15.0 Å². The number of ether oxygens (including phenoxy) is 1. The number of amides is 3. The topological polar surface area (TPSA) is 61.9 Å². The van der Waals surface area contributed by atoms with Gasteiger partial charge in [-0.25, -0.2) is 4.79 Å². The summed E-state index contributed by atoms with van der Waals surface area (Å²) in [6.07, 6.45) is 2.30. The third kappa shape index (κ3) is 4.37. The fourth-order valence-electron chi connectivity index (χ4n) is 3.76. The Balaban J connectivity index is 1.69. The zero-order valence-corrected chi connectivity index (χ0v) is 16.8. The third-order valence-electron chi connectivity index (χ3n) is 5.34. The van der Waals surface area contributed by atoms with Gasteiger partial charge in [0.2, 0.25) is 5.91 Å². The number of nitrogens with zero attached hydrogens (tertiary/aromatic N) is 2. The Bertz CT molecular complexity index is 696. The molecule has 3 rings (SSSR count). The van der Waals surface area contributed by atoms with Gasteiger partial charge in [-0.15, -0.1) is 0 Å². The molecule has 0 aromatic heterocycles. The number of anilines is 1. The van der Waals surface area contributed by atoms with Crippen molar-refractivity contribution >= 4 is 17.6 Å². The number of aryl methyl sites for hydroxylation is 1. The van der Waals surface area contributed by atoms with Crippen molar-refractivity contribution in [2.24, 2.45) is 5.92 Å². The second-order valence-corrected chi connectivity index (χ2v) is 7.94. The molecule has 3 amide bonds. The van der Waals surface area contributed by atoms with Gasteiger partial charge in [-0.3, -0.25) is 9.69 Å². The van der Waals surface area contributed by atoms with Crippen LogP contribution in [0.1, 0.15) is 45.6 Å². The third-order valence-corrected chi connectivity index (χ3v) is 5.34. The molecule has 1 aromatic carbocycles. The zero-order valence-electron chi connectivity index (χ0n) is 16.8. The number of likely N-dealkylation sites (tertiary alicyclic amines) is 1. The Morgan fingerprint density at radius 3 is 2.59 bits per heavy atom. The first-order chi connectivity index (χ1) is 12.9. The van der Waals surface area contributed by atoms with E-state index in [9.17, 15) is 9.59 Å². The molecule has 0 bridgehead atoms. The highest BCUT2D eigenvalue weighted by atomic mass is 16.5. The molecule has 0 spiro atoms. The van der Waals surface area contributed by atoms with Crippen LogP contribution in [0.4, 0.5) is 10.5 Å². The summed E-state index contributed by atoms with van der Waals surface area (Å²) in [5.74, 6) is 0.882. The molecule has 27 heavy (non-hydrogen) atoms. The molecule has 1 aromatic rings. The van der Waals surface area contributed by atoms with Crippen LogP contribution in [0.2, 0.25) is 0 Å². The van der Waals surface area contributed by atoms with Crippen molar-refractivity contribution in [1.29, 1.82) is 0 Å². The summed E-state index contributed by atoms with van der Waals surface area (Å²) in [6, 6.07) is 6.15. The molecule has 6 nitrogen and oxygen atoms in total. The maximum atomic E-state index is 13.2. The Hall–Kier alpha value is -2.24. The molecule has 0 aliphatic carbocycles. The van der Waals surface area contributed by atoms with Crippen molar-refractivity contribution < 1.29 is 14.3 Å². The summed E-state index contributed by atoms with van der Waals surface area (Å²) in [7, 11) is 0. The molecule has 1 atom stereocenters. The monoisotopic (exact) mass is 373 g/mol.